The van der Waals surface area contributed by atoms with Crippen LogP contribution >= 0.6 is 7.82 Å². The van der Waals surface area contributed by atoms with Crippen molar-refractivity contribution in [3.05, 3.63) is 36.1 Å². The highest BCUT2D eigenvalue weighted by molar-refractivity contribution is 7.47. The molecule has 4 rings (SSSR count). The van der Waals surface area contributed by atoms with Gasteiger partial charge in [-0.1, -0.05) is 0 Å². The smallest absolute Gasteiger partial charge is 0.548 e. The van der Waals surface area contributed by atoms with Crippen molar-refractivity contribution < 1.29 is 38.7 Å². The summed E-state index contributed by atoms with van der Waals surface area (Å²) in [5, 5.41) is 46.8. The van der Waals surface area contributed by atoms with Gasteiger partial charge in [-0.3, -0.25) is 19.5 Å². The molecule has 3 aromatic rings. The molecular formula is C14H15N7O8P-. The molecule has 5 atom stereocenters. The minimum Gasteiger partial charge on any atom is -0.846 e. The van der Waals surface area contributed by atoms with Gasteiger partial charge in [0.2, 0.25) is 5.65 Å². The minimum absolute atomic E-state index is 0.0766. The Hall–Kier alpha value is -2.94. The first kappa shape index (κ1) is 20.3. The number of aliphatic hydroxyl groups is 2. The standard InChI is InChI=1S/C14H16N7O8P/c15-9-3-5-20(14(24)17-9)13-11(23)10(22)8(28-13)6-27-30(25,26)29-21-12-7(18-19-21)2-1-4-16-12/h1-5,8,10-11,13,22-23H,6H2,(H,25,26)(H2,15,17,24)/p-1/t8-,10-,11-,13-/m1/s1. The van der Waals surface area contributed by atoms with Crippen LogP contribution in [-0.2, 0) is 13.8 Å². The maximum Gasteiger partial charge on any atom is 0.548 e. The number of rotatable bonds is 6. The van der Waals surface area contributed by atoms with Gasteiger partial charge in [-0.05, 0) is 28.3 Å². The molecule has 0 spiro atoms. The molecule has 4 N–H and O–H groups in total. The summed E-state index contributed by atoms with van der Waals surface area (Å²) in [6.45, 7) is -0.665. The van der Waals surface area contributed by atoms with Crippen LogP contribution in [0.5, 0.6) is 6.01 Å². The predicted octanol–water partition coefficient (Wildman–Crippen LogP) is -2.56. The van der Waals surface area contributed by atoms with Crippen molar-refractivity contribution in [2.24, 2.45) is 0 Å². The Morgan fingerprint density at radius 3 is 2.90 bits per heavy atom. The number of ether oxygens (including phenoxy) is 1. The van der Waals surface area contributed by atoms with Crippen LogP contribution < -0.4 is 15.2 Å². The minimum atomic E-state index is -4.75. The molecule has 0 saturated carbocycles. The number of hydrogen-bond donors (Lipinski definition) is 4. The molecule has 1 aliphatic rings. The molecule has 0 aromatic carbocycles. The highest BCUT2D eigenvalue weighted by Crippen LogP contribution is 2.41. The van der Waals surface area contributed by atoms with E-state index >= 15 is 0 Å². The van der Waals surface area contributed by atoms with Gasteiger partial charge < -0.3 is 24.6 Å². The number of phosphoric acid groups is 1. The van der Waals surface area contributed by atoms with Crippen molar-refractivity contribution in [1.29, 1.82) is 5.41 Å². The van der Waals surface area contributed by atoms with Crippen LogP contribution in [0.15, 0.2) is 30.6 Å². The second-order valence-electron chi connectivity index (χ2n) is 6.20. The maximum absolute atomic E-state index is 12.2. The quantitative estimate of drug-likeness (QED) is 0.291. The van der Waals surface area contributed by atoms with Gasteiger partial charge in [0.15, 0.2) is 6.23 Å². The molecule has 1 aliphatic heterocycles. The second kappa shape index (κ2) is 7.71. The molecule has 1 saturated heterocycles. The van der Waals surface area contributed by atoms with Gasteiger partial charge in [0.25, 0.3) is 0 Å². The zero-order valence-electron chi connectivity index (χ0n) is 14.9. The van der Waals surface area contributed by atoms with Gasteiger partial charge in [0, 0.05) is 12.4 Å². The Balaban J connectivity index is 1.43. The van der Waals surface area contributed by atoms with Crippen molar-refractivity contribution in [1.82, 2.24) is 29.7 Å². The van der Waals surface area contributed by atoms with Crippen molar-refractivity contribution in [3.8, 4) is 6.01 Å². The van der Waals surface area contributed by atoms with Crippen molar-refractivity contribution in [2.75, 3.05) is 6.61 Å². The van der Waals surface area contributed by atoms with Gasteiger partial charge >= 0.3 is 7.82 Å². The van der Waals surface area contributed by atoms with E-state index in [1.165, 1.54) is 18.5 Å². The van der Waals surface area contributed by atoms with Crippen molar-refractivity contribution in [2.45, 2.75) is 24.5 Å². The van der Waals surface area contributed by atoms with Crippen LogP contribution in [-0.4, -0.2) is 69.7 Å². The fourth-order valence-corrected chi connectivity index (χ4v) is 3.48. The number of hydrogen-bond acceptors (Lipinski definition) is 12. The lowest BCUT2D eigenvalue weighted by Crippen LogP contribution is -2.34. The lowest BCUT2D eigenvalue weighted by atomic mass is 10.1. The first-order valence-corrected chi connectivity index (χ1v) is 9.91. The molecule has 4 heterocycles. The number of phosphoric ester groups is 1. The summed E-state index contributed by atoms with van der Waals surface area (Å²) in [6, 6.07) is 3.48. The SMILES string of the molecule is N=c1ccn([C@@H]2O[C@H](COP(=O)(O)On3nnc4cccnc43)[C@@H](O)[C@H]2O)c([O-])n1. The van der Waals surface area contributed by atoms with E-state index in [0.717, 1.165) is 4.57 Å². The number of aliphatic hydroxyl groups excluding tert-OH is 2. The highest BCUT2D eigenvalue weighted by Gasteiger charge is 2.45. The van der Waals surface area contributed by atoms with Gasteiger partial charge in [-0.15, -0.1) is 5.10 Å². The summed E-state index contributed by atoms with van der Waals surface area (Å²) in [5.41, 5.74) is 0.112. The molecule has 15 nitrogen and oxygen atoms in total. The fourth-order valence-electron chi connectivity index (χ4n) is 2.79. The lowest BCUT2D eigenvalue weighted by Gasteiger charge is -2.23. The van der Waals surface area contributed by atoms with Gasteiger partial charge in [-0.2, -0.15) is 0 Å². The average Bonchev–Trinajstić information content (AvgIpc) is 3.22. The van der Waals surface area contributed by atoms with Crippen molar-refractivity contribution >= 4 is 19.0 Å². The number of pyridine rings is 1. The molecule has 160 valence electrons. The summed E-state index contributed by atoms with van der Waals surface area (Å²) in [7, 11) is -4.75. The Labute approximate surface area is 166 Å². The number of nitrogens with zero attached hydrogens (tertiary/aromatic N) is 6. The van der Waals surface area contributed by atoms with E-state index in [2.05, 4.69) is 20.3 Å². The topological polar surface area (TPSA) is 214 Å². The fraction of sp³-hybridized carbons (Fsp3) is 0.357. The summed E-state index contributed by atoms with van der Waals surface area (Å²) >= 11 is 0. The average molecular weight is 440 g/mol. The van der Waals surface area contributed by atoms with E-state index in [4.69, 9.17) is 19.3 Å². The van der Waals surface area contributed by atoms with Crippen molar-refractivity contribution in [3.63, 3.8) is 0 Å². The largest absolute Gasteiger partial charge is 0.846 e. The maximum atomic E-state index is 12.2. The first-order valence-electron chi connectivity index (χ1n) is 8.41. The molecule has 0 radical (unpaired) electrons. The number of aromatic nitrogens is 6. The molecular weight excluding hydrogens is 425 g/mol. The third-order valence-corrected chi connectivity index (χ3v) is 5.04. The normalized spacial score (nSPS) is 26.0. The summed E-state index contributed by atoms with van der Waals surface area (Å²) in [6.07, 6.45) is -3.14. The van der Waals surface area contributed by atoms with Crippen LogP contribution in [0.3, 0.4) is 0 Å². The van der Waals surface area contributed by atoms with E-state index in [-0.39, 0.29) is 11.1 Å². The van der Waals surface area contributed by atoms with E-state index in [1.54, 1.807) is 12.1 Å². The van der Waals surface area contributed by atoms with E-state index in [9.17, 15) is 24.8 Å². The van der Waals surface area contributed by atoms with Gasteiger partial charge in [-0.25, -0.2) is 14.5 Å². The predicted molar refractivity (Wildman–Crippen MR) is 91.1 cm³/mol. The second-order valence-corrected chi connectivity index (χ2v) is 7.56. The van der Waals surface area contributed by atoms with Crippen LogP contribution in [0.1, 0.15) is 6.23 Å². The molecule has 0 amide bonds. The zero-order valence-corrected chi connectivity index (χ0v) is 15.8. The summed E-state index contributed by atoms with van der Waals surface area (Å²) in [5.74, 6) is 0. The molecule has 30 heavy (non-hydrogen) atoms. The van der Waals surface area contributed by atoms with Crippen LogP contribution in [0, 0.1) is 5.41 Å². The third-order valence-electron chi connectivity index (χ3n) is 4.20. The monoisotopic (exact) mass is 440 g/mol. The highest BCUT2D eigenvalue weighted by atomic mass is 31.2. The number of fused-ring (bicyclic) bond motifs is 1. The molecule has 0 bridgehead atoms. The number of nitrogens with one attached hydrogen (secondary N) is 1. The summed E-state index contributed by atoms with van der Waals surface area (Å²) in [4.78, 5) is 17.9. The Morgan fingerprint density at radius 1 is 1.33 bits per heavy atom. The van der Waals surface area contributed by atoms with E-state index < -0.39 is 45.0 Å². The van der Waals surface area contributed by atoms with Gasteiger partial charge in [0.1, 0.15) is 29.3 Å². The first-order chi connectivity index (χ1) is 14.2. The molecule has 0 aliphatic carbocycles. The Kier molecular flexibility index (Phi) is 5.23. The van der Waals surface area contributed by atoms with Crippen LogP contribution in [0.2, 0.25) is 0 Å². The Bertz CT molecular complexity index is 1170. The Morgan fingerprint density at radius 2 is 2.13 bits per heavy atom. The molecule has 1 fully saturated rings. The zero-order chi connectivity index (χ0) is 21.5. The molecule has 1 unspecified atom stereocenters. The van der Waals surface area contributed by atoms with Gasteiger partial charge in [0.05, 0.1) is 12.6 Å². The van der Waals surface area contributed by atoms with Crippen LogP contribution in [0.25, 0.3) is 11.2 Å². The van der Waals surface area contributed by atoms with Crippen LogP contribution in [0.4, 0.5) is 0 Å². The lowest BCUT2D eigenvalue weighted by molar-refractivity contribution is -0.292. The van der Waals surface area contributed by atoms with E-state index in [0.29, 0.717) is 10.4 Å². The third kappa shape index (κ3) is 3.89. The molecule has 3 aromatic heterocycles. The van der Waals surface area contributed by atoms with E-state index in [1.807, 2.05) is 0 Å². The molecule has 16 heteroatoms. The summed E-state index contributed by atoms with van der Waals surface area (Å²) < 4.78 is 28.1.